The molecule has 1 unspecified atom stereocenters. The van der Waals surface area contributed by atoms with Crippen molar-refractivity contribution in [2.45, 2.75) is 12.0 Å². The third kappa shape index (κ3) is 2.99. The van der Waals surface area contributed by atoms with Crippen molar-refractivity contribution in [1.82, 2.24) is 25.3 Å². The molecule has 1 aromatic carbocycles. The van der Waals surface area contributed by atoms with E-state index in [1.807, 2.05) is 0 Å². The van der Waals surface area contributed by atoms with Crippen molar-refractivity contribution in [2.24, 2.45) is 0 Å². The van der Waals surface area contributed by atoms with Gasteiger partial charge in [-0.05, 0) is 17.7 Å². The molecule has 1 aliphatic rings. The number of carbonyl (C=O) groups is 1. The molecule has 7 nitrogen and oxygen atoms in total. The van der Waals surface area contributed by atoms with Gasteiger partial charge in [0.2, 0.25) is 5.76 Å². The topological polar surface area (TPSA) is 87.1 Å². The quantitative estimate of drug-likeness (QED) is 0.732. The maximum absolute atomic E-state index is 13.3. The number of halogens is 1. The number of aromatic amines is 1. The summed E-state index contributed by atoms with van der Waals surface area (Å²) in [6.45, 7) is 1.67. The molecule has 2 N–H and O–H groups in total. The summed E-state index contributed by atoms with van der Waals surface area (Å²) < 4.78 is 18.6. The van der Waals surface area contributed by atoms with E-state index in [0.29, 0.717) is 5.82 Å². The lowest BCUT2D eigenvalue weighted by Crippen LogP contribution is -2.40. The van der Waals surface area contributed by atoms with E-state index in [-0.39, 0.29) is 23.4 Å². The predicted molar refractivity (Wildman–Crippen MR) is 91.0 cm³/mol. The smallest absolute Gasteiger partial charge is 0.293 e. The summed E-state index contributed by atoms with van der Waals surface area (Å²) in [5, 5.41) is 7.18. The van der Waals surface area contributed by atoms with Crippen molar-refractivity contribution in [3.8, 4) is 0 Å². The Hall–Kier alpha value is -3.00. The van der Waals surface area contributed by atoms with Crippen molar-refractivity contribution < 1.29 is 13.7 Å². The molecule has 26 heavy (non-hydrogen) atoms. The molecular formula is C18H18FN5O2. The largest absolute Gasteiger partial charge is 0.351 e. The molecule has 1 amide bonds. The van der Waals surface area contributed by atoms with E-state index in [2.05, 4.69) is 20.4 Å². The highest BCUT2D eigenvalue weighted by Gasteiger charge is 2.30. The molecule has 0 saturated carbocycles. The Morgan fingerprint density at radius 2 is 2.12 bits per heavy atom. The molecule has 0 aliphatic carbocycles. The monoisotopic (exact) mass is 355 g/mol. The first-order valence-electron chi connectivity index (χ1n) is 8.32. The number of carbonyl (C=O) groups excluding carboxylic acids is 1. The summed E-state index contributed by atoms with van der Waals surface area (Å²) >= 11 is 0. The summed E-state index contributed by atoms with van der Waals surface area (Å²) in [4.78, 5) is 21.7. The molecule has 3 aromatic rings. The van der Waals surface area contributed by atoms with Crippen LogP contribution in [-0.4, -0.2) is 46.1 Å². The maximum Gasteiger partial charge on any atom is 0.293 e. The zero-order chi connectivity index (χ0) is 18.1. The van der Waals surface area contributed by atoms with E-state index in [9.17, 15) is 9.18 Å². The molecule has 0 bridgehead atoms. The van der Waals surface area contributed by atoms with Gasteiger partial charge in [0, 0.05) is 44.5 Å². The van der Waals surface area contributed by atoms with Crippen LogP contribution >= 0.6 is 0 Å². The number of H-pyrrole nitrogens is 1. The first-order valence-corrected chi connectivity index (χ1v) is 8.32. The minimum Gasteiger partial charge on any atom is -0.351 e. The minimum atomic E-state index is -0.503. The third-order valence-corrected chi connectivity index (χ3v) is 4.61. The van der Waals surface area contributed by atoms with Crippen LogP contribution < -0.4 is 5.32 Å². The number of imidazole rings is 1. The van der Waals surface area contributed by atoms with Gasteiger partial charge in [-0.1, -0.05) is 17.3 Å². The summed E-state index contributed by atoms with van der Waals surface area (Å²) in [7, 11) is 1.66. The van der Waals surface area contributed by atoms with Crippen LogP contribution in [0.5, 0.6) is 0 Å². The van der Waals surface area contributed by atoms with E-state index in [0.717, 1.165) is 24.3 Å². The summed E-state index contributed by atoms with van der Waals surface area (Å²) in [5.74, 6) is 0.378. The fourth-order valence-electron chi connectivity index (χ4n) is 3.01. The average Bonchev–Trinajstić information content (AvgIpc) is 3.27. The summed E-state index contributed by atoms with van der Waals surface area (Å²) in [6, 6.07) is 7.18. The Kier molecular flexibility index (Phi) is 4.26. The fraction of sp³-hybridized carbons (Fsp3) is 0.278. The van der Waals surface area contributed by atoms with Crippen LogP contribution in [0.1, 0.15) is 39.6 Å². The molecule has 134 valence electrons. The van der Waals surface area contributed by atoms with Crippen LogP contribution in [0, 0.1) is 5.82 Å². The van der Waals surface area contributed by atoms with Gasteiger partial charge < -0.3 is 19.7 Å². The normalized spacial score (nSPS) is 15.5. The molecule has 3 heterocycles. The number of amides is 1. The second kappa shape index (κ2) is 6.72. The van der Waals surface area contributed by atoms with Crippen molar-refractivity contribution in [3.63, 3.8) is 0 Å². The lowest BCUT2D eigenvalue weighted by atomic mass is 9.99. The Morgan fingerprint density at radius 3 is 2.73 bits per heavy atom. The molecule has 4 rings (SSSR count). The number of hydrogen-bond acceptors (Lipinski definition) is 5. The lowest BCUT2D eigenvalue weighted by Gasteiger charge is -2.26. The first kappa shape index (κ1) is 16.5. The fourth-order valence-corrected chi connectivity index (χ4v) is 3.01. The zero-order valence-corrected chi connectivity index (χ0v) is 14.1. The van der Waals surface area contributed by atoms with Gasteiger partial charge in [0.15, 0.2) is 0 Å². The number of hydrogen-bond donors (Lipinski definition) is 2. The molecule has 0 radical (unpaired) electrons. The van der Waals surface area contributed by atoms with Crippen LogP contribution in [0.4, 0.5) is 4.39 Å². The zero-order valence-electron chi connectivity index (χ0n) is 14.1. The van der Waals surface area contributed by atoms with Gasteiger partial charge in [-0.3, -0.25) is 4.79 Å². The van der Waals surface area contributed by atoms with Crippen molar-refractivity contribution in [2.75, 3.05) is 20.1 Å². The lowest BCUT2D eigenvalue weighted by molar-refractivity contribution is 0.0708. The van der Waals surface area contributed by atoms with Crippen LogP contribution in [0.15, 0.2) is 47.2 Å². The molecule has 1 atom stereocenters. The predicted octanol–water partition coefficient (Wildman–Crippen LogP) is 2.09. The maximum atomic E-state index is 13.3. The van der Waals surface area contributed by atoms with Crippen molar-refractivity contribution in [3.05, 3.63) is 71.4 Å². The van der Waals surface area contributed by atoms with Crippen LogP contribution in [0.3, 0.4) is 0 Å². The van der Waals surface area contributed by atoms with Crippen LogP contribution in [-0.2, 0) is 0 Å². The molecular weight excluding hydrogens is 337 g/mol. The van der Waals surface area contributed by atoms with Gasteiger partial charge in [0.1, 0.15) is 17.7 Å². The number of rotatable bonds is 5. The van der Waals surface area contributed by atoms with Crippen LogP contribution in [0.2, 0.25) is 0 Å². The van der Waals surface area contributed by atoms with E-state index >= 15 is 0 Å². The number of aromatic nitrogens is 3. The van der Waals surface area contributed by atoms with Crippen molar-refractivity contribution in [1.29, 1.82) is 0 Å². The van der Waals surface area contributed by atoms with Gasteiger partial charge in [0.25, 0.3) is 5.91 Å². The Balaban J connectivity index is 1.63. The number of nitrogens with zero attached hydrogens (tertiary/aromatic N) is 3. The van der Waals surface area contributed by atoms with Crippen molar-refractivity contribution >= 4 is 5.91 Å². The minimum absolute atomic E-state index is 0.174. The van der Waals surface area contributed by atoms with E-state index in [4.69, 9.17) is 4.52 Å². The van der Waals surface area contributed by atoms with Gasteiger partial charge in [-0.15, -0.1) is 0 Å². The molecule has 1 fully saturated rings. The number of nitrogens with one attached hydrogen (secondary N) is 2. The van der Waals surface area contributed by atoms with Gasteiger partial charge in [0.05, 0.1) is 5.69 Å². The number of benzene rings is 1. The average molecular weight is 355 g/mol. The highest BCUT2D eigenvalue weighted by molar-refractivity contribution is 5.91. The summed E-state index contributed by atoms with van der Waals surface area (Å²) in [5.41, 5.74) is 1.51. The molecule has 8 heteroatoms. The Morgan fingerprint density at radius 1 is 1.35 bits per heavy atom. The first-order chi connectivity index (χ1) is 12.6. The van der Waals surface area contributed by atoms with Crippen LogP contribution in [0.25, 0.3) is 0 Å². The second-order valence-electron chi connectivity index (χ2n) is 6.32. The second-order valence-corrected chi connectivity index (χ2v) is 6.32. The van der Waals surface area contributed by atoms with Gasteiger partial charge in [-0.25, -0.2) is 9.37 Å². The van der Waals surface area contributed by atoms with Gasteiger partial charge in [-0.2, -0.15) is 0 Å². The van der Waals surface area contributed by atoms with E-state index in [1.54, 1.807) is 37.6 Å². The molecule has 1 aliphatic heterocycles. The molecule has 2 aromatic heterocycles. The third-order valence-electron chi connectivity index (χ3n) is 4.61. The highest BCUT2D eigenvalue weighted by atomic mass is 19.1. The Bertz CT molecular complexity index is 887. The highest BCUT2D eigenvalue weighted by Crippen LogP contribution is 2.28. The van der Waals surface area contributed by atoms with E-state index in [1.165, 1.54) is 17.0 Å². The standard InChI is InChI=1S/C18H18FN5O2/c1-24(18(25)15-8-14(23-26-15)12-9-20-10-12)16(17-21-6-7-22-17)11-2-4-13(19)5-3-11/h2-8,12,16,20H,9-10H2,1H3,(H,21,22). The molecule has 1 saturated heterocycles. The summed E-state index contributed by atoms with van der Waals surface area (Å²) in [6.07, 6.45) is 3.29. The van der Waals surface area contributed by atoms with E-state index < -0.39 is 6.04 Å². The Labute approximate surface area is 149 Å². The van der Waals surface area contributed by atoms with Gasteiger partial charge >= 0.3 is 0 Å². The molecule has 0 spiro atoms. The SMILES string of the molecule is CN(C(=O)c1cc(C2CNC2)no1)C(c1ccc(F)cc1)c1ncc[nH]1.